The number of H-pyrrole nitrogens is 1. The summed E-state index contributed by atoms with van der Waals surface area (Å²) in [5, 5.41) is 14.2. The number of rotatable bonds is 7. The highest BCUT2D eigenvalue weighted by Crippen LogP contribution is 2.28. The summed E-state index contributed by atoms with van der Waals surface area (Å²) in [6.45, 7) is 2.79. The lowest BCUT2D eigenvalue weighted by atomic mass is 9.88. The molecule has 2 unspecified atom stereocenters. The summed E-state index contributed by atoms with van der Waals surface area (Å²) < 4.78 is 0. The minimum atomic E-state index is 0.191. The normalized spacial score (nSPS) is 14.2. The fraction of sp³-hybridized carbons (Fsp3) is 0.500. The highest BCUT2D eigenvalue weighted by atomic mass is 15.5. The van der Waals surface area contributed by atoms with Gasteiger partial charge in [0.25, 0.3) is 0 Å². The van der Waals surface area contributed by atoms with E-state index in [4.69, 9.17) is 5.73 Å². The SMILES string of the molecule is CCC(CCC(CN)c1nn[nH]n1)c1ccccc1. The minimum Gasteiger partial charge on any atom is -0.330 e. The number of nitrogens with two attached hydrogens (primary N) is 1. The monoisotopic (exact) mass is 259 g/mol. The molecule has 0 amide bonds. The fourth-order valence-electron chi connectivity index (χ4n) is 2.43. The summed E-state index contributed by atoms with van der Waals surface area (Å²) >= 11 is 0. The molecule has 19 heavy (non-hydrogen) atoms. The Bertz CT molecular complexity index is 454. The molecule has 0 radical (unpaired) electrons. The third-order valence-electron chi connectivity index (χ3n) is 3.64. The van der Waals surface area contributed by atoms with Crippen molar-refractivity contribution < 1.29 is 0 Å². The maximum absolute atomic E-state index is 5.81. The topological polar surface area (TPSA) is 80.5 Å². The van der Waals surface area contributed by atoms with Gasteiger partial charge in [0.1, 0.15) is 0 Å². The van der Waals surface area contributed by atoms with E-state index >= 15 is 0 Å². The van der Waals surface area contributed by atoms with Gasteiger partial charge in [-0.1, -0.05) is 42.5 Å². The van der Waals surface area contributed by atoms with Crippen LogP contribution in [0, 0.1) is 0 Å². The summed E-state index contributed by atoms with van der Waals surface area (Å²) in [6, 6.07) is 10.6. The highest BCUT2D eigenvalue weighted by Gasteiger charge is 2.17. The smallest absolute Gasteiger partial charge is 0.178 e. The molecule has 102 valence electrons. The predicted molar refractivity (Wildman–Crippen MR) is 74.7 cm³/mol. The van der Waals surface area contributed by atoms with E-state index in [1.807, 2.05) is 0 Å². The van der Waals surface area contributed by atoms with Crippen molar-refractivity contribution in [3.63, 3.8) is 0 Å². The second-order valence-corrected chi connectivity index (χ2v) is 4.80. The zero-order valence-corrected chi connectivity index (χ0v) is 11.3. The minimum absolute atomic E-state index is 0.191. The van der Waals surface area contributed by atoms with Crippen LogP contribution in [-0.2, 0) is 0 Å². The van der Waals surface area contributed by atoms with Crippen molar-refractivity contribution in [2.24, 2.45) is 5.73 Å². The van der Waals surface area contributed by atoms with Crippen LogP contribution < -0.4 is 5.73 Å². The molecule has 0 spiro atoms. The summed E-state index contributed by atoms with van der Waals surface area (Å²) in [7, 11) is 0. The number of nitrogens with zero attached hydrogens (tertiary/aromatic N) is 3. The number of aromatic nitrogens is 4. The van der Waals surface area contributed by atoms with Crippen LogP contribution in [0.25, 0.3) is 0 Å². The molecule has 0 bridgehead atoms. The van der Waals surface area contributed by atoms with Gasteiger partial charge >= 0.3 is 0 Å². The van der Waals surface area contributed by atoms with E-state index in [1.165, 1.54) is 5.56 Å². The van der Waals surface area contributed by atoms with Crippen LogP contribution in [0.1, 0.15) is 49.4 Å². The van der Waals surface area contributed by atoms with Gasteiger partial charge in [0, 0.05) is 12.5 Å². The number of hydrogen-bond acceptors (Lipinski definition) is 4. The van der Waals surface area contributed by atoms with Crippen LogP contribution in [-0.4, -0.2) is 27.2 Å². The summed E-state index contributed by atoms with van der Waals surface area (Å²) in [6.07, 6.45) is 3.22. The molecule has 1 aromatic carbocycles. The Balaban J connectivity index is 1.96. The number of benzene rings is 1. The van der Waals surface area contributed by atoms with Crippen molar-refractivity contribution in [2.45, 2.75) is 38.0 Å². The highest BCUT2D eigenvalue weighted by molar-refractivity contribution is 5.19. The number of hydrogen-bond donors (Lipinski definition) is 2. The Morgan fingerprint density at radius 3 is 2.47 bits per heavy atom. The molecule has 0 aliphatic heterocycles. The van der Waals surface area contributed by atoms with Crippen molar-refractivity contribution in [1.82, 2.24) is 20.6 Å². The maximum Gasteiger partial charge on any atom is 0.178 e. The van der Waals surface area contributed by atoms with Gasteiger partial charge in [-0.15, -0.1) is 10.2 Å². The Hall–Kier alpha value is -1.75. The molecular formula is C14H21N5. The van der Waals surface area contributed by atoms with E-state index in [-0.39, 0.29) is 5.92 Å². The Labute approximate surface area is 113 Å². The number of tetrazole rings is 1. The number of nitrogens with one attached hydrogen (secondary N) is 1. The second kappa shape index (κ2) is 6.99. The van der Waals surface area contributed by atoms with Gasteiger partial charge in [-0.3, -0.25) is 0 Å². The summed E-state index contributed by atoms with van der Waals surface area (Å²) in [5.41, 5.74) is 7.21. The summed E-state index contributed by atoms with van der Waals surface area (Å²) in [4.78, 5) is 0. The van der Waals surface area contributed by atoms with Crippen molar-refractivity contribution in [1.29, 1.82) is 0 Å². The maximum atomic E-state index is 5.81. The molecule has 5 heteroatoms. The van der Waals surface area contributed by atoms with Gasteiger partial charge in [-0.25, -0.2) is 0 Å². The molecule has 5 nitrogen and oxygen atoms in total. The lowest BCUT2D eigenvalue weighted by molar-refractivity contribution is 0.506. The van der Waals surface area contributed by atoms with Gasteiger partial charge < -0.3 is 5.73 Å². The van der Waals surface area contributed by atoms with Gasteiger partial charge in [0.2, 0.25) is 0 Å². The zero-order valence-electron chi connectivity index (χ0n) is 11.3. The van der Waals surface area contributed by atoms with E-state index in [0.717, 1.165) is 25.1 Å². The average molecular weight is 259 g/mol. The first-order valence-corrected chi connectivity index (χ1v) is 6.83. The first kappa shape index (κ1) is 13.7. The van der Waals surface area contributed by atoms with Crippen molar-refractivity contribution in [3.8, 4) is 0 Å². The molecule has 0 saturated heterocycles. The van der Waals surface area contributed by atoms with E-state index in [0.29, 0.717) is 12.5 Å². The Morgan fingerprint density at radius 2 is 1.89 bits per heavy atom. The van der Waals surface area contributed by atoms with Crippen LogP contribution in [0.2, 0.25) is 0 Å². The van der Waals surface area contributed by atoms with E-state index in [9.17, 15) is 0 Å². The lowest BCUT2D eigenvalue weighted by Crippen LogP contribution is -2.15. The molecule has 0 aliphatic carbocycles. The van der Waals surface area contributed by atoms with Crippen molar-refractivity contribution in [2.75, 3.05) is 6.54 Å². The quantitative estimate of drug-likeness (QED) is 0.799. The molecule has 0 saturated carbocycles. The zero-order chi connectivity index (χ0) is 13.5. The van der Waals surface area contributed by atoms with Gasteiger partial charge in [0.15, 0.2) is 5.82 Å². The third kappa shape index (κ3) is 3.61. The molecule has 0 aliphatic rings. The average Bonchev–Trinajstić information content (AvgIpc) is 2.99. The fourth-order valence-corrected chi connectivity index (χ4v) is 2.43. The van der Waals surface area contributed by atoms with Crippen LogP contribution in [0.5, 0.6) is 0 Å². The molecule has 1 heterocycles. The van der Waals surface area contributed by atoms with Crippen LogP contribution in [0.3, 0.4) is 0 Å². The molecule has 0 fully saturated rings. The predicted octanol–water partition coefficient (Wildman–Crippen LogP) is 2.22. The van der Waals surface area contributed by atoms with Crippen LogP contribution in [0.15, 0.2) is 30.3 Å². The Morgan fingerprint density at radius 1 is 1.16 bits per heavy atom. The second-order valence-electron chi connectivity index (χ2n) is 4.80. The van der Waals surface area contributed by atoms with Gasteiger partial charge in [-0.05, 0) is 30.7 Å². The Kier molecular flexibility index (Phi) is 5.03. The molecule has 2 atom stereocenters. The molecule has 2 rings (SSSR count). The first-order valence-electron chi connectivity index (χ1n) is 6.83. The summed E-state index contributed by atoms with van der Waals surface area (Å²) in [5.74, 6) is 1.49. The largest absolute Gasteiger partial charge is 0.330 e. The van der Waals surface area contributed by atoms with Crippen molar-refractivity contribution in [3.05, 3.63) is 41.7 Å². The molecule has 2 aromatic rings. The van der Waals surface area contributed by atoms with Gasteiger partial charge in [0.05, 0.1) is 0 Å². The van der Waals surface area contributed by atoms with E-state index in [1.54, 1.807) is 0 Å². The number of aromatic amines is 1. The van der Waals surface area contributed by atoms with E-state index in [2.05, 4.69) is 57.9 Å². The van der Waals surface area contributed by atoms with Crippen LogP contribution >= 0.6 is 0 Å². The lowest BCUT2D eigenvalue weighted by Gasteiger charge is -2.18. The molecular weight excluding hydrogens is 238 g/mol. The van der Waals surface area contributed by atoms with Gasteiger partial charge in [-0.2, -0.15) is 5.21 Å². The van der Waals surface area contributed by atoms with Crippen molar-refractivity contribution >= 4 is 0 Å². The van der Waals surface area contributed by atoms with Crippen LogP contribution in [0.4, 0.5) is 0 Å². The van der Waals surface area contributed by atoms with E-state index < -0.39 is 0 Å². The first-order chi connectivity index (χ1) is 9.35. The third-order valence-corrected chi connectivity index (χ3v) is 3.64. The standard InChI is InChI=1S/C14H21N5/c1-2-11(12-6-4-3-5-7-12)8-9-13(10-15)14-16-18-19-17-14/h3-7,11,13H,2,8-10,15H2,1H3,(H,16,17,18,19). The molecule has 3 N–H and O–H groups in total. The molecule has 1 aromatic heterocycles.